The van der Waals surface area contributed by atoms with Gasteiger partial charge in [0.25, 0.3) is 0 Å². The van der Waals surface area contributed by atoms with Gasteiger partial charge in [-0.25, -0.2) is 4.79 Å². The van der Waals surface area contributed by atoms with Crippen LogP contribution in [0.4, 0.5) is 18.0 Å². The Bertz CT molecular complexity index is 428. The summed E-state index contributed by atoms with van der Waals surface area (Å²) in [5, 5.41) is 6.27. The molecule has 0 bridgehead atoms. The molecule has 4 amide bonds. The average Bonchev–Trinajstić information content (AvgIpc) is 2.83. The number of carbonyl (C=O) groups is 3. The Morgan fingerprint density at radius 2 is 1.91 bits per heavy atom. The summed E-state index contributed by atoms with van der Waals surface area (Å²) in [6.07, 6.45) is -3.51. The van der Waals surface area contributed by atoms with Crippen molar-refractivity contribution in [3.05, 3.63) is 0 Å². The summed E-state index contributed by atoms with van der Waals surface area (Å²) in [6, 6.07) is -1.44. The zero-order valence-corrected chi connectivity index (χ0v) is 12.1. The van der Waals surface area contributed by atoms with Crippen LogP contribution in [0, 0.1) is 0 Å². The SMILES string of the molecule is CCNC(=O)NC(=O)CN1CCC[C@H]1C(=O)NCC(F)(F)F. The number of likely N-dealkylation sites (tertiary alicyclic amines) is 1. The lowest BCUT2D eigenvalue weighted by atomic mass is 10.2. The van der Waals surface area contributed by atoms with Gasteiger partial charge in [0.1, 0.15) is 6.54 Å². The van der Waals surface area contributed by atoms with E-state index in [9.17, 15) is 27.6 Å². The minimum absolute atomic E-state index is 0.221. The molecule has 126 valence electrons. The molecule has 0 unspecified atom stereocenters. The van der Waals surface area contributed by atoms with Crippen molar-refractivity contribution in [1.82, 2.24) is 20.9 Å². The first kappa shape index (κ1) is 18.2. The number of hydrogen-bond donors (Lipinski definition) is 3. The molecule has 10 heteroatoms. The van der Waals surface area contributed by atoms with Gasteiger partial charge in [0.2, 0.25) is 11.8 Å². The van der Waals surface area contributed by atoms with Gasteiger partial charge in [-0.1, -0.05) is 0 Å². The van der Waals surface area contributed by atoms with Gasteiger partial charge in [-0.15, -0.1) is 0 Å². The van der Waals surface area contributed by atoms with Crippen molar-refractivity contribution >= 4 is 17.8 Å². The predicted octanol–water partition coefficient (Wildman–Crippen LogP) is -0.0250. The van der Waals surface area contributed by atoms with Gasteiger partial charge in [0.05, 0.1) is 12.6 Å². The summed E-state index contributed by atoms with van der Waals surface area (Å²) in [5.41, 5.74) is 0. The number of nitrogens with zero attached hydrogens (tertiary/aromatic N) is 1. The summed E-state index contributed by atoms with van der Waals surface area (Å²) in [4.78, 5) is 36.0. The van der Waals surface area contributed by atoms with Crippen LogP contribution in [0.3, 0.4) is 0 Å². The molecule has 0 aromatic rings. The first-order valence-electron chi connectivity index (χ1n) is 6.89. The van der Waals surface area contributed by atoms with Gasteiger partial charge in [0, 0.05) is 6.54 Å². The molecule has 7 nitrogen and oxygen atoms in total. The molecule has 0 saturated carbocycles. The van der Waals surface area contributed by atoms with Crippen LogP contribution in [0.1, 0.15) is 19.8 Å². The van der Waals surface area contributed by atoms with E-state index >= 15 is 0 Å². The number of carbonyl (C=O) groups excluding carboxylic acids is 3. The largest absolute Gasteiger partial charge is 0.405 e. The number of alkyl halides is 3. The third-order valence-electron chi connectivity index (χ3n) is 3.07. The molecule has 0 aromatic carbocycles. The van der Waals surface area contributed by atoms with Gasteiger partial charge < -0.3 is 10.6 Å². The molecule has 0 spiro atoms. The Balaban J connectivity index is 2.47. The van der Waals surface area contributed by atoms with E-state index in [1.165, 1.54) is 4.90 Å². The van der Waals surface area contributed by atoms with Crippen LogP contribution in [-0.4, -0.2) is 61.1 Å². The number of amides is 4. The first-order valence-corrected chi connectivity index (χ1v) is 6.89. The Hall–Kier alpha value is -1.84. The summed E-state index contributed by atoms with van der Waals surface area (Å²) < 4.78 is 36.3. The van der Waals surface area contributed by atoms with Crippen LogP contribution in [0.15, 0.2) is 0 Å². The van der Waals surface area contributed by atoms with Gasteiger partial charge in [0.15, 0.2) is 0 Å². The number of rotatable bonds is 5. The van der Waals surface area contributed by atoms with Crippen molar-refractivity contribution in [1.29, 1.82) is 0 Å². The maximum atomic E-state index is 12.1. The number of urea groups is 1. The van der Waals surface area contributed by atoms with Gasteiger partial charge in [-0.05, 0) is 26.3 Å². The summed E-state index contributed by atoms with van der Waals surface area (Å²) in [7, 11) is 0. The maximum Gasteiger partial charge on any atom is 0.405 e. The van der Waals surface area contributed by atoms with E-state index in [2.05, 4.69) is 10.6 Å². The van der Waals surface area contributed by atoms with Crippen LogP contribution in [0.25, 0.3) is 0 Å². The van der Waals surface area contributed by atoms with Crippen LogP contribution in [0.5, 0.6) is 0 Å². The van der Waals surface area contributed by atoms with E-state index in [-0.39, 0.29) is 6.54 Å². The normalized spacial score (nSPS) is 18.8. The third-order valence-corrected chi connectivity index (χ3v) is 3.07. The molecule has 3 N–H and O–H groups in total. The molecule has 0 aliphatic carbocycles. The minimum atomic E-state index is -4.48. The zero-order chi connectivity index (χ0) is 16.8. The van der Waals surface area contributed by atoms with E-state index in [1.54, 1.807) is 6.92 Å². The van der Waals surface area contributed by atoms with E-state index in [0.717, 1.165) is 0 Å². The summed E-state index contributed by atoms with van der Waals surface area (Å²) in [6.45, 7) is 0.826. The van der Waals surface area contributed by atoms with Crippen molar-refractivity contribution in [2.24, 2.45) is 0 Å². The molecule has 1 aliphatic rings. The highest BCUT2D eigenvalue weighted by Gasteiger charge is 2.34. The topological polar surface area (TPSA) is 90.5 Å². The molecule has 1 atom stereocenters. The van der Waals surface area contributed by atoms with Crippen LogP contribution in [-0.2, 0) is 9.59 Å². The second kappa shape index (κ2) is 7.97. The Morgan fingerprint density at radius 3 is 2.50 bits per heavy atom. The standard InChI is InChI=1S/C12H19F3N4O3/c1-2-16-11(22)18-9(20)6-19-5-3-4-8(19)10(21)17-7-12(13,14)15/h8H,2-7H2,1H3,(H,17,21)(H2,16,18,20,22)/t8-/m0/s1. The Kier molecular flexibility index (Phi) is 6.60. The molecule has 1 rings (SSSR count). The molecule has 1 heterocycles. The van der Waals surface area contributed by atoms with Crippen LogP contribution in [0.2, 0.25) is 0 Å². The van der Waals surface area contributed by atoms with Crippen molar-refractivity contribution in [3.63, 3.8) is 0 Å². The second-order valence-corrected chi connectivity index (χ2v) is 4.87. The molecular formula is C12H19F3N4O3. The van der Waals surface area contributed by atoms with Gasteiger partial charge in [-0.3, -0.25) is 19.8 Å². The van der Waals surface area contributed by atoms with Crippen molar-refractivity contribution in [2.75, 3.05) is 26.2 Å². The first-order chi connectivity index (χ1) is 10.2. The molecule has 1 saturated heterocycles. The summed E-state index contributed by atoms with van der Waals surface area (Å²) >= 11 is 0. The lowest BCUT2D eigenvalue weighted by Gasteiger charge is -2.23. The van der Waals surface area contributed by atoms with E-state index < -0.39 is 36.6 Å². The monoisotopic (exact) mass is 324 g/mol. The van der Waals surface area contributed by atoms with E-state index in [0.29, 0.717) is 25.9 Å². The third kappa shape index (κ3) is 6.29. The number of halogens is 3. The van der Waals surface area contributed by atoms with Gasteiger partial charge >= 0.3 is 12.2 Å². The highest BCUT2D eigenvalue weighted by Crippen LogP contribution is 2.18. The fraction of sp³-hybridized carbons (Fsp3) is 0.750. The Labute approximate surface area is 125 Å². The fourth-order valence-electron chi connectivity index (χ4n) is 2.17. The molecule has 1 aliphatic heterocycles. The number of nitrogens with one attached hydrogen (secondary N) is 3. The average molecular weight is 324 g/mol. The van der Waals surface area contributed by atoms with Crippen molar-refractivity contribution in [2.45, 2.75) is 32.0 Å². The zero-order valence-electron chi connectivity index (χ0n) is 12.1. The number of imide groups is 1. The van der Waals surface area contributed by atoms with E-state index in [4.69, 9.17) is 0 Å². The highest BCUT2D eigenvalue weighted by molar-refractivity contribution is 5.95. The number of hydrogen-bond acceptors (Lipinski definition) is 4. The Morgan fingerprint density at radius 1 is 1.23 bits per heavy atom. The smallest absolute Gasteiger partial charge is 0.346 e. The van der Waals surface area contributed by atoms with E-state index in [1.807, 2.05) is 5.32 Å². The molecule has 22 heavy (non-hydrogen) atoms. The van der Waals surface area contributed by atoms with Crippen LogP contribution < -0.4 is 16.0 Å². The summed E-state index contributed by atoms with van der Waals surface area (Å²) in [5.74, 6) is -1.37. The lowest BCUT2D eigenvalue weighted by Crippen LogP contribution is -2.50. The maximum absolute atomic E-state index is 12.1. The van der Waals surface area contributed by atoms with Crippen LogP contribution >= 0.6 is 0 Å². The predicted molar refractivity (Wildman–Crippen MR) is 70.9 cm³/mol. The fourth-order valence-corrected chi connectivity index (χ4v) is 2.17. The molecular weight excluding hydrogens is 305 g/mol. The lowest BCUT2D eigenvalue weighted by molar-refractivity contribution is -0.141. The minimum Gasteiger partial charge on any atom is -0.346 e. The highest BCUT2D eigenvalue weighted by atomic mass is 19.4. The van der Waals surface area contributed by atoms with Crippen molar-refractivity contribution in [3.8, 4) is 0 Å². The van der Waals surface area contributed by atoms with Crippen molar-refractivity contribution < 1.29 is 27.6 Å². The molecule has 0 radical (unpaired) electrons. The molecule has 0 aromatic heterocycles. The van der Waals surface area contributed by atoms with Gasteiger partial charge in [-0.2, -0.15) is 13.2 Å². The molecule has 1 fully saturated rings. The second-order valence-electron chi connectivity index (χ2n) is 4.87. The quantitative estimate of drug-likeness (QED) is 0.663.